The highest BCUT2D eigenvalue weighted by molar-refractivity contribution is 6.30. The SMILES string of the molecule is C[C@H](Nc1ccc2c(c1)OCO2)C(=O)N1N=C(c2ccc(Cl)cc2)C[C@@H]1c1ccco1. The molecule has 2 aromatic carbocycles. The Morgan fingerprint density at radius 2 is 1.97 bits per heavy atom. The van der Waals surface area contributed by atoms with Crippen LogP contribution in [0.3, 0.4) is 0 Å². The van der Waals surface area contributed by atoms with Gasteiger partial charge in [-0.15, -0.1) is 0 Å². The second-order valence-corrected chi connectivity index (χ2v) is 7.84. The van der Waals surface area contributed by atoms with Gasteiger partial charge in [0, 0.05) is 23.2 Å². The molecule has 1 N–H and O–H groups in total. The van der Waals surface area contributed by atoms with Gasteiger partial charge in [-0.2, -0.15) is 5.10 Å². The maximum Gasteiger partial charge on any atom is 0.265 e. The fraction of sp³-hybridized carbons (Fsp3) is 0.217. The van der Waals surface area contributed by atoms with E-state index in [0.717, 1.165) is 17.0 Å². The molecule has 8 heteroatoms. The first-order chi connectivity index (χ1) is 15.1. The van der Waals surface area contributed by atoms with Crippen LogP contribution in [0.2, 0.25) is 5.02 Å². The number of ether oxygens (including phenoxy) is 2. The molecule has 0 aliphatic carbocycles. The lowest BCUT2D eigenvalue weighted by Crippen LogP contribution is -2.38. The number of hydrazone groups is 1. The quantitative estimate of drug-likeness (QED) is 0.618. The van der Waals surface area contributed by atoms with Crippen LogP contribution in [0.25, 0.3) is 0 Å². The number of anilines is 1. The van der Waals surface area contributed by atoms with Gasteiger partial charge in [-0.25, -0.2) is 5.01 Å². The second-order valence-electron chi connectivity index (χ2n) is 7.41. The Labute approximate surface area is 184 Å². The molecule has 7 nitrogen and oxygen atoms in total. The van der Waals surface area contributed by atoms with Crippen molar-refractivity contribution in [3.8, 4) is 11.5 Å². The van der Waals surface area contributed by atoms with Crippen molar-refractivity contribution < 1.29 is 18.7 Å². The lowest BCUT2D eigenvalue weighted by molar-refractivity contribution is -0.133. The molecule has 2 aliphatic rings. The molecule has 0 saturated heterocycles. The van der Waals surface area contributed by atoms with Gasteiger partial charge in [-0.1, -0.05) is 23.7 Å². The lowest BCUT2D eigenvalue weighted by Gasteiger charge is -2.24. The van der Waals surface area contributed by atoms with Crippen LogP contribution in [0.1, 0.15) is 30.7 Å². The van der Waals surface area contributed by atoms with E-state index in [4.69, 9.17) is 25.5 Å². The Morgan fingerprint density at radius 1 is 1.16 bits per heavy atom. The lowest BCUT2D eigenvalue weighted by atomic mass is 10.0. The van der Waals surface area contributed by atoms with Crippen LogP contribution < -0.4 is 14.8 Å². The fourth-order valence-electron chi connectivity index (χ4n) is 3.73. The number of benzene rings is 2. The third kappa shape index (κ3) is 3.84. The normalized spacial score (nSPS) is 18.1. The van der Waals surface area contributed by atoms with E-state index in [0.29, 0.717) is 28.7 Å². The number of hydrogen-bond donors (Lipinski definition) is 1. The van der Waals surface area contributed by atoms with Crippen LogP contribution in [-0.2, 0) is 4.79 Å². The van der Waals surface area contributed by atoms with Crippen LogP contribution in [0.5, 0.6) is 11.5 Å². The standard InChI is InChI=1S/C23H20ClN3O4/c1-14(25-17-8-9-21-22(11-17)31-13-30-21)23(28)27-19(20-3-2-10-29-20)12-18(26-27)15-4-6-16(24)7-5-15/h2-11,14,19,25H,12-13H2,1H3/t14-,19+/m0/s1. The summed E-state index contributed by atoms with van der Waals surface area (Å²) in [6.07, 6.45) is 2.16. The van der Waals surface area contributed by atoms with Gasteiger partial charge in [0.15, 0.2) is 11.5 Å². The van der Waals surface area contributed by atoms with Crippen molar-refractivity contribution in [1.82, 2.24) is 5.01 Å². The average Bonchev–Trinajstić information content (AvgIpc) is 3.53. The molecule has 2 atom stereocenters. The smallest absolute Gasteiger partial charge is 0.265 e. The number of rotatable bonds is 5. The third-order valence-corrected chi connectivity index (χ3v) is 5.56. The molecule has 1 amide bonds. The van der Waals surface area contributed by atoms with Crippen molar-refractivity contribution >= 4 is 28.9 Å². The molecule has 158 valence electrons. The number of furan rings is 1. The van der Waals surface area contributed by atoms with E-state index in [1.54, 1.807) is 6.26 Å². The Balaban J connectivity index is 1.39. The number of amides is 1. The van der Waals surface area contributed by atoms with Gasteiger partial charge in [0.2, 0.25) is 6.79 Å². The molecule has 0 unspecified atom stereocenters. The molecule has 3 aromatic rings. The molecule has 0 spiro atoms. The third-order valence-electron chi connectivity index (χ3n) is 5.31. The molecule has 0 saturated carbocycles. The van der Waals surface area contributed by atoms with Crippen molar-refractivity contribution in [2.24, 2.45) is 5.10 Å². The van der Waals surface area contributed by atoms with Gasteiger partial charge < -0.3 is 19.2 Å². The second kappa shape index (κ2) is 8.00. The van der Waals surface area contributed by atoms with Crippen molar-refractivity contribution in [2.45, 2.75) is 25.4 Å². The number of carbonyl (C=O) groups excluding carboxylic acids is 1. The van der Waals surface area contributed by atoms with Crippen LogP contribution in [-0.4, -0.2) is 29.5 Å². The number of hydrogen-bond acceptors (Lipinski definition) is 6. The van der Waals surface area contributed by atoms with Crippen LogP contribution in [0.15, 0.2) is 70.4 Å². The van der Waals surface area contributed by atoms with Gasteiger partial charge >= 0.3 is 0 Å². The van der Waals surface area contributed by atoms with Gasteiger partial charge in [0.05, 0.1) is 12.0 Å². The summed E-state index contributed by atoms with van der Waals surface area (Å²) in [7, 11) is 0. The van der Waals surface area contributed by atoms with E-state index in [2.05, 4.69) is 10.4 Å². The van der Waals surface area contributed by atoms with Crippen LogP contribution in [0.4, 0.5) is 5.69 Å². The Kier molecular flexibility index (Phi) is 5.03. The molecule has 0 fully saturated rings. The zero-order valence-corrected chi connectivity index (χ0v) is 17.5. The number of carbonyl (C=O) groups is 1. The molecule has 0 bridgehead atoms. The van der Waals surface area contributed by atoms with E-state index < -0.39 is 6.04 Å². The Morgan fingerprint density at radius 3 is 2.74 bits per heavy atom. The molecule has 31 heavy (non-hydrogen) atoms. The van der Waals surface area contributed by atoms with E-state index in [1.807, 2.05) is 61.5 Å². The molecule has 1 aromatic heterocycles. The van der Waals surface area contributed by atoms with E-state index in [1.165, 1.54) is 5.01 Å². The Bertz CT molecular complexity index is 1130. The highest BCUT2D eigenvalue weighted by atomic mass is 35.5. The fourth-order valence-corrected chi connectivity index (χ4v) is 3.86. The highest BCUT2D eigenvalue weighted by Gasteiger charge is 2.36. The van der Waals surface area contributed by atoms with Gasteiger partial charge in [-0.05, 0) is 48.9 Å². The first-order valence-corrected chi connectivity index (χ1v) is 10.3. The zero-order chi connectivity index (χ0) is 21.4. The predicted molar refractivity (Wildman–Crippen MR) is 117 cm³/mol. The van der Waals surface area contributed by atoms with Crippen LogP contribution >= 0.6 is 11.6 Å². The topological polar surface area (TPSA) is 76.3 Å². The minimum Gasteiger partial charge on any atom is -0.467 e. The summed E-state index contributed by atoms with van der Waals surface area (Å²) < 4.78 is 16.4. The average molecular weight is 438 g/mol. The molecular weight excluding hydrogens is 418 g/mol. The summed E-state index contributed by atoms with van der Waals surface area (Å²) in [5.41, 5.74) is 2.50. The molecule has 5 rings (SSSR count). The van der Waals surface area contributed by atoms with Gasteiger partial charge in [0.1, 0.15) is 17.8 Å². The molecule has 2 aliphatic heterocycles. The number of fused-ring (bicyclic) bond motifs is 1. The summed E-state index contributed by atoms with van der Waals surface area (Å²) >= 11 is 6.02. The maximum atomic E-state index is 13.4. The number of halogens is 1. The summed E-state index contributed by atoms with van der Waals surface area (Å²) in [6.45, 7) is 2.01. The monoisotopic (exact) mass is 437 g/mol. The molecule has 3 heterocycles. The predicted octanol–water partition coefficient (Wildman–Crippen LogP) is 4.84. The van der Waals surface area contributed by atoms with Crippen molar-refractivity contribution in [1.29, 1.82) is 0 Å². The van der Waals surface area contributed by atoms with Gasteiger partial charge in [-0.3, -0.25) is 4.79 Å². The summed E-state index contributed by atoms with van der Waals surface area (Å²) in [4.78, 5) is 13.4. The summed E-state index contributed by atoms with van der Waals surface area (Å²) in [5, 5.41) is 10.1. The zero-order valence-electron chi connectivity index (χ0n) is 16.7. The van der Waals surface area contributed by atoms with Crippen molar-refractivity contribution in [3.63, 3.8) is 0 Å². The minimum atomic E-state index is -0.522. The first kappa shape index (κ1) is 19.5. The minimum absolute atomic E-state index is 0.164. The van der Waals surface area contributed by atoms with E-state index >= 15 is 0 Å². The Hall–Kier alpha value is -3.45. The summed E-state index contributed by atoms with van der Waals surface area (Å²) in [6, 6.07) is 15.8. The van der Waals surface area contributed by atoms with Crippen molar-refractivity contribution in [3.05, 3.63) is 77.2 Å². The van der Waals surface area contributed by atoms with E-state index in [-0.39, 0.29) is 18.7 Å². The number of nitrogens with one attached hydrogen (secondary N) is 1. The van der Waals surface area contributed by atoms with Crippen molar-refractivity contribution in [2.75, 3.05) is 12.1 Å². The molecule has 0 radical (unpaired) electrons. The van der Waals surface area contributed by atoms with Crippen LogP contribution in [0, 0.1) is 0 Å². The molecular formula is C23H20ClN3O4. The number of nitrogens with zero attached hydrogens (tertiary/aromatic N) is 2. The van der Waals surface area contributed by atoms with E-state index in [9.17, 15) is 4.79 Å². The largest absolute Gasteiger partial charge is 0.467 e. The first-order valence-electron chi connectivity index (χ1n) is 9.94. The summed E-state index contributed by atoms with van der Waals surface area (Å²) in [5.74, 6) is 1.88. The van der Waals surface area contributed by atoms with Gasteiger partial charge in [0.25, 0.3) is 5.91 Å². The maximum absolute atomic E-state index is 13.4. The highest BCUT2D eigenvalue weighted by Crippen LogP contribution is 2.36.